The Morgan fingerprint density at radius 2 is 2.04 bits per heavy atom. The van der Waals surface area contributed by atoms with Gasteiger partial charge in [0.05, 0.1) is 4.92 Å². The van der Waals surface area contributed by atoms with Gasteiger partial charge in [0.1, 0.15) is 17.6 Å². The largest absolute Gasteiger partial charge is 0.444 e. The first-order chi connectivity index (χ1) is 10.7. The van der Waals surface area contributed by atoms with E-state index in [9.17, 15) is 14.9 Å². The molecule has 8 nitrogen and oxygen atoms in total. The molecule has 1 saturated heterocycles. The maximum atomic E-state index is 11.8. The Balaban J connectivity index is 1.84. The summed E-state index contributed by atoms with van der Waals surface area (Å²) >= 11 is 0. The van der Waals surface area contributed by atoms with Gasteiger partial charge in [-0.1, -0.05) is 0 Å². The number of carbonyl (C=O) groups excluding carboxylic acids is 1. The summed E-state index contributed by atoms with van der Waals surface area (Å²) < 4.78 is 5.25. The van der Waals surface area contributed by atoms with Crippen LogP contribution in [-0.4, -0.2) is 40.7 Å². The number of alkyl carbamates (subject to hydrolysis) is 1. The average molecular weight is 322 g/mol. The van der Waals surface area contributed by atoms with E-state index in [-0.39, 0.29) is 11.7 Å². The van der Waals surface area contributed by atoms with Gasteiger partial charge in [0.2, 0.25) is 0 Å². The summed E-state index contributed by atoms with van der Waals surface area (Å²) in [6, 6.07) is 3.17. The van der Waals surface area contributed by atoms with Crippen molar-refractivity contribution in [1.82, 2.24) is 10.3 Å². The molecule has 1 aliphatic rings. The molecular weight excluding hydrogens is 300 g/mol. The Kier molecular flexibility index (Phi) is 5.02. The number of rotatable bonds is 3. The molecule has 0 aromatic carbocycles. The number of aromatic nitrogens is 1. The summed E-state index contributed by atoms with van der Waals surface area (Å²) in [6.45, 7) is 6.94. The lowest BCUT2D eigenvalue weighted by Gasteiger charge is -2.33. The van der Waals surface area contributed by atoms with E-state index < -0.39 is 16.6 Å². The minimum Gasteiger partial charge on any atom is -0.444 e. The number of carbonyl (C=O) groups is 1. The number of anilines is 1. The normalized spacial score (nSPS) is 16.0. The first-order valence-corrected chi connectivity index (χ1v) is 7.59. The number of nitrogens with zero attached hydrogens (tertiary/aromatic N) is 3. The zero-order valence-corrected chi connectivity index (χ0v) is 13.6. The fourth-order valence-corrected chi connectivity index (χ4v) is 2.40. The van der Waals surface area contributed by atoms with Gasteiger partial charge in [-0.2, -0.15) is 0 Å². The molecule has 1 aromatic heterocycles. The van der Waals surface area contributed by atoms with E-state index >= 15 is 0 Å². The van der Waals surface area contributed by atoms with E-state index in [2.05, 4.69) is 15.2 Å². The van der Waals surface area contributed by atoms with Crippen LogP contribution in [0.2, 0.25) is 0 Å². The maximum absolute atomic E-state index is 11.8. The molecule has 1 N–H and O–H groups in total. The molecule has 2 rings (SSSR count). The summed E-state index contributed by atoms with van der Waals surface area (Å²) in [5.41, 5.74) is -0.525. The van der Waals surface area contributed by atoms with E-state index in [0.717, 1.165) is 25.9 Å². The number of pyridine rings is 1. The highest BCUT2D eigenvalue weighted by Crippen LogP contribution is 2.20. The monoisotopic (exact) mass is 322 g/mol. The van der Waals surface area contributed by atoms with E-state index in [1.807, 2.05) is 20.8 Å². The smallest absolute Gasteiger partial charge is 0.407 e. The van der Waals surface area contributed by atoms with Gasteiger partial charge < -0.3 is 15.0 Å². The van der Waals surface area contributed by atoms with Gasteiger partial charge >= 0.3 is 6.09 Å². The molecular formula is C15H22N4O4. The Labute approximate surface area is 135 Å². The van der Waals surface area contributed by atoms with Crippen molar-refractivity contribution in [3.8, 4) is 0 Å². The lowest BCUT2D eigenvalue weighted by atomic mass is 10.1. The Hall–Kier alpha value is -2.38. The molecule has 2 heterocycles. The van der Waals surface area contributed by atoms with Crippen molar-refractivity contribution in [1.29, 1.82) is 0 Å². The predicted octanol–water partition coefficient (Wildman–Crippen LogP) is 2.48. The van der Waals surface area contributed by atoms with Crippen molar-refractivity contribution in [2.75, 3.05) is 18.0 Å². The van der Waals surface area contributed by atoms with Gasteiger partial charge in [0.15, 0.2) is 0 Å². The quantitative estimate of drug-likeness (QED) is 0.678. The molecule has 0 saturated carbocycles. The summed E-state index contributed by atoms with van der Waals surface area (Å²) in [7, 11) is 0. The van der Waals surface area contributed by atoms with Crippen LogP contribution in [0.3, 0.4) is 0 Å². The molecule has 126 valence electrons. The first kappa shape index (κ1) is 17.0. The van der Waals surface area contributed by atoms with Crippen LogP contribution in [0.15, 0.2) is 18.3 Å². The van der Waals surface area contributed by atoms with E-state index in [1.165, 1.54) is 12.3 Å². The molecule has 0 aliphatic carbocycles. The van der Waals surface area contributed by atoms with Crippen LogP contribution in [-0.2, 0) is 4.74 Å². The van der Waals surface area contributed by atoms with Crippen LogP contribution in [0, 0.1) is 10.1 Å². The Morgan fingerprint density at radius 1 is 1.39 bits per heavy atom. The fraction of sp³-hybridized carbons (Fsp3) is 0.600. The van der Waals surface area contributed by atoms with Crippen LogP contribution in [0.5, 0.6) is 0 Å². The highest BCUT2D eigenvalue weighted by molar-refractivity contribution is 5.68. The summed E-state index contributed by atoms with van der Waals surface area (Å²) in [6.07, 6.45) is 2.42. The molecule has 0 radical (unpaired) electrons. The molecule has 1 aromatic rings. The van der Waals surface area contributed by atoms with Crippen molar-refractivity contribution >= 4 is 17.6 Å². The van der Waals surface area contributed by atoms with Gasteiger partial charge in [0, 0.05) is 25.2 Å². The molecule has 0 unspecified atom stereocenters. The summed E-state index contributed by atoms with van der Waals surface area (Å²) in [5, 5.41) is 13.5. The van der Waals surface area contributed by atoms with E-state index in [4.69, 9.17) is 4.74 Å². The predicted molar refractivity (Wildman–Crippen MR) is 85.5 cm³/mol. The minimum atomic E-state index is -0.506. The van der Waals surface area contributed by atoms with Crippen molar-refractivity contribution < 1.29 is 14.5 Å². The number of nitro groups is 1. The zero-order valence-electron chi connectivity index (χ0n) is 13.6. The highest BCUT2D eigenvalue weighted by Gasteiger charge is 2.24. The number of amides is 1. The number of hydrogen-bond acceptors (Lipinski definition) is 6. The van der Waals surface area contributed by atoms with Gasteiger partial charge in [-0.3, -0.25) is 10.1 Å². The Morgan fingerprint density at radius 3 is 2.52 bits per heavy atom. The minimum absolute atomic E-state index is 0.0183. The second-order valence-corrected chi connectivity index (χ2v) is 6.54. The van der Waals surface area contributed by atoms with Gasteiger partial charge in [-0.15, -0.1) is 0 Å². The van der Waals surface area contributed by atoms with Crippen molar-refractivity contribution in [3.63, 3.8) is 0 Å². The fourth-order valence-electron chi connectivity index (χ4n) is 2.40. The molecule has 23 heavy (non-hydrogen) atoms. The molecule has 1 fully saturated rings. The van der Waals surface area contributed by atoms with Crippen LogP contribution in [0.1, 0.15) is 33.6 Å². The lowest BCUT2D eigenvalue weighted by molar-refractivity contribution is -0.385. The summed E-state index contributed by atoms with van der Waals surface area (Å²) in [5.74, 6) is 0.714. The second-order valence-electron chi connectivity index (χ2n) is 6.54. The van der Waals surface area contributed by atoms with E-state index in [1.54, 1.807) is 6.07 Å². The second kappa shape index (κ2) is 6.80. The zero-order chi connectivity index (χ0) is 17.0. The number of nitrogens with one attached hydrogen (secondary N) is 1. The number of ether oxygens (including phenoxy) is 1. The topological polar surface area (TPSA) is 97.6 Å². The SMILES string of the molecule is CC(C)(C)OC(=O)NC1CCN(c2ccc([N+](=O)[O-])cn2)CC1. The van der Waals surface area contributed by atoms with Crippen LogP contribution >= 0.6 is 0 Å². The van der Waals surface area contributed by atoms with Crippen LogP contribution < -0.4 is 10.2 Å². The third-order valence-corrected chi connectivity index (χ3v) is 3.48. The average Bonchev–Trinajstić information content (AvgIpc) is 2.46. The molecule has 8 heteroatoms. The van der Waals surface area contributed by atoms with Crippen LogP contribution in [0.4, 0.5) is 16.3 Å². The maximum Gasteiger partial charge on any atom is 0.407 e. The standard InChI is InChI=1S/C15H22N4O4/c1-15(2,3)23-14(20)17-11-6-8-18(9-7-11)13-5-4-12(10-16-13)19(21)22/h4-5,10-11H,6-9H2,1-3H3,(H,17,20). The molecule has 1 amide bonds. The molecule has 0 bridgehead atoms. The van der Waals surface area contributed by atoms with Crippen molar-refractivity contribution in [2.24, 2.45) is 0 Å². The number of piperidine rings is 1. The first-order valence-electron chi connectivity index (χ1n) is 7.59. The third kappa shape index (κ3) is 5.08. The highest BCUT2D eigenvalue weighted by atomic mass is 16.6. The molecule has 0 spiro atoms. The van der Waals surface area contributed by atoms with Crippen molar-refractivity contribution in [2.45, 2.75) is 45.3 Å². The lowest BCUT2D eigenvalue weighted by Crippen LogP contribution is -2.46. The number of hydrogen-bond donors (Lipinski definition) is 1. The third-order valence-electron chi connectivity index (χ3n) is 3.48. The summed E-state index contributed by atoms with van der Waals surface area (Å²) in [4.78, 5) is 28.1. The molecule has 1 aliphatic heterocycles. The van der Waals surface area contributed by atoms with Gasteiger partial charge in [0.25, 0.3) is 5.69 Å². The van der Waals surface area contributed by atoms with Gasteiger partial charge in [-0.25, -0.2) is 9.78 Å². The molecule has 0 atom stereocenters. The van der Waals surface area contributed by atoms with Gasteiger partial charge in [-0.05, 0) is 39.7 Å². The van der Waals surface area contributed by atoms with Crippen LogP contribution in [0.25, 0.3) is 0 Å². The van der Waals surface area contributed by atoms with E-state index in [0.29, 0.717) is 5.82 Å². The van der Waals surface area contributed by atoms with Crippen molar-refractivity contribution in [3.05, 3.63) is 28.4 Å². The Bertz CT molecular complexity index is 560.